The van der Waals surface area contributed by atoms with Gasteiger partial charge in [-0.2, -0.15) is 10.2 Å². The number of benzene rings is 1. The lowest BCUT2D eigenvalue weighted by Gasteiger charge is -2.14. The Balaban J connectivity index is 1.66. The fraction of sp³-hybridized carbons (Fsp3) is 0.238. The number of alkyl halides is 1. The highest BCUT2D eigenvalue weighted by atomic mass is 19.1. The van der Waals surface area contributed by atoms with E-state index in [1.807, 2.05) is 0 Å². The van der Waals surface area contributed by atoms with E-state index in [9.17, 15) is 9.18 Å². The number of pyridine rings is 1. The molecular weight excluding hydrogens is 387 g/mol. The number of H-pyrrole nitrogens is 1. The Labute approximate surface area is 172 Å². The predicted molar refractivity (Wildman–Crippen MR) is 111 cm³/mol. The SMILES string of the molecule is COc1ccccc1C(=O)Nc1cn[nH]c1-c1cc2c(cn1)cnn2CC(C)(C)F. The number of methoxy groups -OCH3 is 1. The van der Waals surface area contributed by atoms with Gasteiger partial charge in [0.05, 0.1) is 48.5 Å². The Hall–Kier alpha value is -3.75. The number of para-hydroxylation sites is 1. The van der Waals surface area contributed by atoms with Crippen LogP contribution in [0.2, 0.25) is 0 Å². The monoisotopic (exact) mass is 408 g/mol. The molecule has 8 nitrogen and oxygen atoms in total. The summed E-state index contributed by atoms with van der Waals surface area (Å²) in [6, 6.07) is 8.74. The third-order valence-corrected chi connectivity index (χ3v) is 4.55. The zero-order valence-corrected chi connectivity index (χ0v) is 16.8. The van der Waals surface area contributed by atoms with E-state index >= 15 is 0 Å². The fourth-order valence-electron chi connectivity index (χ4n) is 3.19. The van der Waals surface area contributed by atoms with Crippen LogP contribution < -0.4 is 10.1 Å². The minimum atomic E-state index is -1.41. The number of nitrogens with one attached hydrogen (secondary N) is 2. The van der Waals surface area contributed by atoms with Crippen LogP contribution >= 0.6 is 0 Å². The minimum absolute atomic E-state index is 0.111. The molecule has 9 heteroatoms. The first-order valence-corrected chi connectivity index (χ1v) is 9.34. The van der Waals surface area contributed by atoms with Crippen LogP contribution in [0.1, 0.15) is 24.2 Å². The Kier molecular flexibility index (Phi) is 4.94. The summed E-state index contributed by atoms with van der Waals surface area (Å²) in [6.07, 6.45) is 4.82. The lowest BCUT2D eigenvalue weighted by atomic mass is 10.1. The van der Waals surface area contributed by atoms with E-state index in [-0.39, 0.29) is 12.5 Å². The number of carbonyl (C=O) groups excluding carboxylic acids is 1. The third kappa shape index (κ3) is 3.86. The lowest BCUT2D eigenvalue weighted by molar-refractivity contribution is 0.102. The summed E-state index contributed by atoms with van der Waals surface area (Å²) in [5, 5.41) is 14.8. The van der Waals surface area contributed by atoms with Gasteiger partial charge in [0.2, 0.25) is 0 Å². The molecular formula is C21H21FN6O2. The number of ether oxygens (including phenoxy) is 1. The minimum Gasteiger partial charge on any atom is -0.496 e. The summed E-state index contributed by atoms with van der Waals surface area (Å²) in [6.45, 7) is 3.12. The highest BCUT2D eigenvalue weighted by Crippen LogP contribution is 2.28. The van der Waals surface area contributed by atoms with Crippen LogP contribution in [0.4, 0.5) is 10.1 Å². The van der Waals surface area contributed by atoms with Gasteiger partial charge < -0.3 is 10.1 Å². The van der Waals surface area contributed by atoms with Crippen molar-refractivity contribution in [2.24, 2.45) is 0 Å². The molecule has 1 aromatic carbocycles. The first kappa shape index (κ1) is 19.6. The van der Waals surface area contributed by atoms with E-state index in [2.05, 4.69) is 25.6 Å². The van der Waals surface area contributed by atoms with Crippen molar-refractivity contribution in [3.63, 3.8) is 0 Å². The smallest absolute Gasteiger partial charge is 0.259 e. The van der Waals surface area contributed by atoms with E-state index in [1.165, 1.54) is 27.2 Å². The molecule has 1 amide bonds. The van der Waals surface area contributed by atoms with Crippen molar-refractivity contribution in [3.05, 3.63) is 54.5 Å². The van der Waals surface area contributed by atoms with Crippen molar-refractivity contribution in [1.29, 1.82) is 0 Å². The van der Waals surface area contributed by atoms with E-state index in [1.54, 1.807) is 47.4 Å². The molecule has 0 saturated carbocycles. The molecule has 0 aliphatic heterocycles. The zero-order valence-electron chi connectivity index (χ0n) is 16.8. The van der Waals surface area contributed by atoms with E-state index in [0.717, 1.165) is 10.9 Å². The number of rotatable bonds is 6. The topological polar surface area (TPSA) is 97.7 Å². The van der Waals surface area contributed by atoms with E-state index in [0.29, 0.717) is 28.4 Å². The normalized spacial score (nSPS) is 11.6. The van der Waals surface area contributed by atoms with Gasteiger partial charge in [-0.3, -0.25) is 19.6 Å². The molecule has 30 heavy (non-hydrogen) atoms. The average molecular weight is 408 g/mol. The third-order valence-electron chi connectivity index (χ3n) is 4.55. The first-order valence-electron chi connectivity index (χ1n) is 9.34. The van der Waals surface area contributed by atoms with Gasteiger partial charge >= 0.3 is 0 Å². The fourth-order valence-corrected chi connectivity index (χ4v) is 3.19. The maximum atomic E-state index is 14.1. The summed E-state index contributed by atoms with van der Waals surface area (Å²) < 4.78 is 21.0. The number of amides is 1. The molecule has 4 rings (SSSR count). The predicted octanol–water partition coefficient (Wildman–Crippen LogP) is 3.83. The van der Waals surface area contributed by atoms with Crippen molar-refractivity contribution >= 4 is 22.5 Å². The number of anilines is 1. The molecule has 0 fully saturated rings. The molecule has 3 aromatic heterocycles. The second-order valence-corrected chi connectivity index (χ2v) is 7.46. The van der Waals surface area contributed by atoms with Crippen LogP contribution in [0.3, 0.4) is 0 Å². The molecule has 0 radical (unpaired) electrons. The summed E-state index contributed by atoms with van der Waals surface area (Å²) in [5.74, 6) is 0.137. The van der Waals surface area contributed by atoms with Crippen LogP contribution in [0.25, 0.3) is 22.3 Å². The Morgan fingerprint density at radius 1 is 1.27 bits per heavy atom. The lowest BCUT2D eigenvalue weighted by Crippen LogP contribution is -2.21. The van der Waals surface area contributed by atoms with Gasteiger partial charge in [0.25, 0.3) is 5.91 Å². The Bertz CT molecular complexity index is 1210. The van der Waals surface area contributed by atoms with Crippen LogP contribution in [-0.4, -0.2) is 43.6 Å². The number of aromatic nitrogens is 5. The molecule has 0 aliphatic rings. The largest absolute Gasteiger partial charge is 0.496 e. The number of hydrogen-bond acceptors (Lipinski definition) is 5. The molecule has 0 unspecified atom stereocenters. The van der Waals surface area contributed by atoms with Gasteiger partial charge in [0.1, 0.15) is 17.1 Å². The molecule has 0 spiro atoms. The summed E-state index contributed by atoms with van der Waals surface area (Å²) in [4.78, 5) is 17.2. The molecule has 2 N–H and O–H groups in total. The quantitative estimate of drug-likeness (QED) is 0.505. The molecule has 154 valence electrons. The second kappa shape index (κ2) is 7.58. The standard InChI is InChI=1S/C21H21FN6O2/c1-21(2,22)12-28-17-8-15(23-9-13(17)10-25-28)19-16(11-24-27-19)26-20(29)14-6-4-5-7-18(14)30-3/h4-11H,12H2,1-3H3,(H,24,27)(H,26,29). The van der Waals surface area contributed by atoms with Crippen molar-refractivity contribution < 1.29 is 13.9 Å². The number of carbonyl (C=O) groups is 1. The van der Waals surface area contributed by atoms with Gasteiger partial charge in [-0.25, -0.2) is 4.39 Å². The molecule has 3 heterocycles. The summed E-state index contributed by atoms with van der Waals surface area (Å²) >= 11 is 0. The van der Waals surface area contributed by atoms with E-state index in [4.69, 9.17) is 4.74 Å². The number of fused-ring (bicyclic) bond motifs is 1. The number of halogens is 1. The number of nitrogens with zero attached hydrogens (tertiary/aromatic N) is 4. The van der Waals surface area contributed by atoms with Gasteiger partial charge in [0, 0.05) is 11.6 Å². The molecule has 0 aliphatic carbocycles. The van der Waals surface area contributed by atoms with Gasteiger partial charge in [-0.05, 0) is 32.0 Å². The van der Waals surface area contributed by atoms with Crippen LogP contribution in [0, 0.1) is 0 Å². The van der Waals surface area contributed by atoms with Gasteiger partial charge in [-0.1, -0.05) is 12.1 Å². The van der Waals surface area contributed by atoms with Crippen molar-refractivity contribution in [3.8, 4) is 17.1 Å². The van der Waals surface area contributed by atoms with Crippen LogP contribution in [-0.2, 0) is 6.54 Å². The van der Waals surface area contributed by atoms with Crippen molar-refractivity contribution in [2.45, 2.75) is 26.1 Å². The van der Waals surface area contributed by atoms with E-state index < -0.39 is 5.67 Å². The summed E-state index contributed by atoms with van der Waals surface area (Å²) in [7, 11) is 1.51. The second-order valence-electron chi connectivity index (χ2n) is 7.46. The Morgan fingerprint density at radius 2 is 2.07 bits per heavy atom. The molecule has 0 atom stereocenters. The number of hydrogen-bond donors (Lipinski definition) is 2. The van der Waals surface area contributed by atoms with Gasteiger partial charge in [0.15, 0.2) is 0 Å². The Morgan fingerprint density at radius 3 is 2.83 bits per heavy atom. The van der Waals surface area contributed by atoms with Crippen molar-refractivity contribution in [1.82, 2.24) is 25.0 Å². The maximum absolute atomic E-state index is 14.1. The van der Waals surface area contributed by atoms with Gasteiger partial charge in [-0.15, -0.1) is 0 Å². The maximum Gasteiger partial charge on any atom is 0.259 e. The zero-order chi connectivity index (χ0) is 21.3. The van der Waals surface area contributed by atoms with Crippen LogP contribution in [0.15, 0.2) is 48.9 Å². The molecule has 4 aromatic rings. The summed E-state index contributed by atoms with van der Waals surface area (Å²) in [5.41, 5.74) is 1.28. The highest BCUT2D eigenvalue weighted by Gasteiger charge is 2.20. The number of aromatic amines is 1. The highest BCUT2D eigenvalue weighted by molar-refractivity contribution is 6.07. The molecule has 0 bridgehead atoms. The first-order chi connectivity index (χ1) is 14.4. The molecule has 0 saturated heterocycles. The van der Waals surface area contributed by atoms with Crippen molar-refractivity contribution in [2.75, 3.05) is 12.4 Å². The average Bonchev–Trinajstić information content (AvgIpc) is 3.33. The van der Waals surface area contributed by atoms with Crippen LogP contribution in [0.5, 0.6) is 5.75 Å².